The highest BCUT2D eigenvalue weighted by Crippen LogP contribution is 2.35. The van der Waals surface area contributed by atoms with Crippen molar-refractivity contribution in [2.45, 2.75) is 38.6 Å². The number of nitrogens with two attached hydrogens (primary N) is 1. The molecule has 1 aliphatic rings. The fourth-order valence-electron chi connectivity index (χ4n) is 2.26. The molecule has 0 aromatic heterocycles. The van der Waals surface area contributed by atoms with Crippen LogP contribution in [0, 0.1) is 0 Å². The van der Waals surface area contributed by atoms with E-state index in [9.17, 15) is 0 Å². The van der Waals surface area contributed by atoms with E-state index < -0.39 is 0 Å². The topological polar surface area (TPSA) is 26.0 Å². The van der Waals surface area contributed by atoms with Gasteiger partial charge >= 0.3 is 0 Å². The lowest BCUT2D eigenvalue weighted by atomic mass is 9.93. The van der Waals surface area contributed by atoms with Crippen LogP contribution in [0.1, 0.15) is 48.9 Å². The molecule has 0 bridgehead atoms. The van der Waals surface area contributed by atoms with E-state index in [2.05, 4.69) is 32.0 Å². The second-order valence-electron chi connectivity index (χ2n) is 4.22. The van der Waals surface area contributed by atoms with Crippen molar-refractivity contribution in [1.82, 2.24) is 0 Å². The summed E-state index contributed by atoms with van der Waals surface area (Å²) in [5.41, 5.74) is 10.4. The Hall–Kier alpha value is -0.820. The molecule has 1 heteroatoms. The van der Waals surface area contributed by atoms with Crippen LogP contribution in [0.2, 0.25) is 0 Å². The minimum Gasteiger partial charge on any atom is -0.324 e. The minimum atomic E-state index is 0.286. The first-order valence-electron chi connectivity index (χ1n) is 5.07. The summed E-state index contributed by atoms with van der Waals surface area (Å²) < 4.78 is 0. The lowest BCUT2D eigenvalue weighted by Crippen LogP contribution is -2.09. The Labute approximate surface area is 80.0 Å². The van der Waals surface area contributed by atoms with Gasteiger partial charge < -0.3 is 5.73 Å². The molecule has 13 heavy (non-hydrogen) atoms. The summed E-state index contributed by atoms with van der Waals surface area (Å²) in [5, 5.41) is 0. The van der Waals surface area contributed by atoms with E-state index in [1.807, 2.05) is 0 Å². The Bertz CT molecular complexity index is 315. The van der Waals surface area contributed by atoms with Crippen molar-refractivity contribution in [3.63, 3.8) is 0 Å². The van der Waals surface area contributed by atoms with Crippen molar-refractivity contribution in [3.8, 4) is 0 Å². The van der Waals surface area contributed by atoms with Gasteiger partial charge in [-0.25, -0.2) is 0 Å². The quantitative estimate of drug-likeness (QED) is 0.697. The molecule has 70 valence electrons. The van der Waals surface area contributed by atoms with Crippen molar-refractivity contribution >= 4 is 0 Å². The molecule has 2 rings (SSSR count). The summed E-state index contributed by atoms with van der Waals surface area (Å²) in [6.45, 7) is 4.47. The van der Waals surface area contributed by atoms with Gasteiger partial charge in [-0.2, -0.15) is 0 Å². The monoisotopic (exact) mass is 175 g/mol. The zero-order valence-electron chi connectivity index (χ0n) is 8.38. The third kappa shape index (κ3) is 1.37. The van der Waals surface area contributed by atoms with Gasteiger partial charge in [0.05, 0.1) is 0 Å². The average molecular weight is 175 g/mol. The van der Waals surface area contributed by atoms with Gasteiger partial charge in [-0.1, -0.05) is 32.0 Å². The highest BCUT2D eigenvalue weighted by Gasteiger charge is 2.22. The molecule has 0 radical (unpaired) electrons. The van der Waals surface area contributed by atoms with Crippen molar-refractivity contribution in [3.05, 3.63) is 34.9 Å². The lowest BCUT2D eigenvalue weighted by Gasteiger charge is -2.14. The molecule has 0 saturated heterocycles. The largest absolute Gasteiger partial charge is 0.324 e. The van der Waals surface area contributed by atoms with Crippen molar-refractivity contribution in [2.75, 3.05) is 0 Å². The Morgan fingerprint density at radius 1 is 1.38 bits per heavy atom. The highest BCUT2D eigenvalue weighted by atomic mass is 14.6. The Morgan fingerprint density at radius 2 is 2.15 bits per heavy atom. The van der Waals surface area contributed by atoms with E-state index in [4.69, 9.17) is 5.73 Å². The SMILES string of the molecule is CC(C)c1cccc2c1C(N)CC2. The maximum absolute atomic E-state index is 6.08. The third-order valence-corrected chi connectivity index (χ3v) is 2.95. The fourth-order valence-corrected chi connectivity index (χ4v) is 2.26. The summed E-state index contributed by atoms with van der Waals surface area (Å²) in [5.74, 6) is 0.596. The predicted molar refractivity (Wildman–Crippen MR) is 55.8 cm³/mol. The van der Waals surface area contributed by atoms with Crippen molar-refractivity contribution < 1.29 is 0 Å². The summed E-state index contributed by atoms with van der Waals surface area (Å²) in [7, 11) is 0. The molecule has 0 fully saturated rings. The standard InChI is InChI=1S/C12H17N/c1-8(2)10-5-3-4-9-6-7-11(13)12(9)10/h3-5,8,11H,6-7,13H2,1-2H3. The van der Waals surface area contributed by atoms with Gasteiger partial charge in [-0.3, -0.25) is 0 Å². The first-order valence-corrected chi connectivity index (χ1v) is 5.07. The predicted octanol–water partition coefficient (Wildman–Crippen LogP) is 2.76. The van der Waals surface area contributed by atoms with Gasteiger partial charge in [0.25, 0.3) is 0 Å². The second-order valence-corrected chi connectivity index (χ2v) is 4.22. The van der Waals surface area contributed by atoms with E-state index in [0.29, 0.717) is 5.92 Å². The molecule has 0 aliphatic heterocycles. The Kier molecular flexibility index (Phi) is 2.12. The Morgan fingerprint density at radius 3 is 2.85 bits per heavy atom. The third-order valence-electron chi connectivity index (χ3n) is 2.95. The molecule has 1 aromatic rings. The van der Waals surface area contributed by atoms with E-state index >= 15 is 0 Å². The Balaban J connectivity index is 2.53. The van der Waals surface area contributed by atoms with Gasteiger partial charge in [0.15, 0.2) is 0 Å². The summed E-state index contributed by atoms with van der Waals surface area (Å²) in [6, 6.07) is 6.88. The molecule has 0 spiro atoms. The van der Waals surface area contributed by atoms with Crippen molar-refractivity contribution in [2.24, 2.45) is 5.73 Å². The zero-order chi connectivity index (χ0) is 9.42. The van der Waals surface area contributed by atoms with Gasteiger partial charge in [0, 0.05) is 6.04 Å². The number of fused-ring (bicyclic) bond motifs is 1. The zero-order valence-corrected chi connectivity index (χ0v) is 8.38. The molecule has 1 atom stereocenters. The molecular formula is C12H17N. The first kappa shape index (κ1) is 8.76. The maximum Gasteiger partial charge on any atom is 0.0303 e. The van der Waals surface area contributed by atoms with Crippen LogP contribution >= 0.6 is 0 Å². The first-order chi connectivity index (χ1) is 6.20. The molecule has 0 saturated carbocycles. The maximum atomic E-state index is 6.08. The van der Waals surface area contributed by atoms with Crippen LogP contribution in [0.4, 0.5) is 0 Å². The number of rotatable bonds is 1. The molecule has 1 aromatic carbocycles. The molecular weight excluding hydrogens is 158 g/mol. The summed E-state index contributed by atoms with van der Waals surface area (Å²) in [6.07, 6.45) is 2.29. The fraction of sp³-hybridized carbons (Fsp3) is 0.500. The molecule has 2 N–H and O–H groups in total. The smallest absolute Gasteiger partial charge is 0.0303 e. The van der Waals surface area contributed by atoms with E-state index in [1.54, 1.807) is 0 Å². The number of aryl methyl sites for hydroxylation is 1. The minimum absolute atomic E-state index is 0.286. The van der Waals surface area contributed by atoms with E-state index in [0.717, 1.165) is 12.8 Å². The molecule has 1 aliphatic carbocycles. The molecule has 1 unspecified atom stereocenters. The van der Waals surface area contributed by atoms with Crippen LogP contribution in [-0.2, 0) is 6.42 Å². The van der Waals surface area contributed by atoms with Crippen LogP contribution in [0.15, 0.2) is 18.2 Å². The number of benzene rings is 1. The van der Waals surface area contributed by atoms with Gasteiger partial charge in [0.2, 0.25) is 0 Å². The van der Waals surface area contributed by atoms with Crippen LogP contribution in [0.25, 0.3) is 0 Å². The average Bonchev–Trinajstić information content (AvgIpc) is 2.48. The van der Waals surface area contributed by atoms with Crippen LogP contribution in [0.3, 0.4) is 0 Å². The molecule has 0 amide bonds. The normalized spacial score (nSPS) is 20.8. The molecule has 1 nitrogen and oxygen atoms in total. The number of hydrogen-bond donors (Lipinski definition) is 1. The molecule has 0 heterocycles. The lowest BCUT2D eigenvalue weighted by molar-refractivity contribution is 0.698. The second kappa shape index (κ2) is 3.15. The highest BCUT2D eigenvalue weighted by molar-refractivity contribution is 5.42. The van der Waals surface area contributed by atoms with E-state index in [1.165, 1.54) is 16.7 Å². The van der Waals surface area contributed by atoms with Gasteiger partial charge in [0.1, 0.15) is 0 Å². The summed E-state index contributed by atoms with van der Waals surface area (Å²) >= 11 is 0. The number of hydrogen-bond acceptors (Lipinski definition) is 1. The van der Waals surface area contributed by atoms with E-state index in [-0.39, 0.29) is 6.04 Å². The van der Waals surface area contributed by atoms with Crippen LogP contribution in [-0.4, -0.2) is 0 Å². The summed E-state index contributed by atoms with van der Waals surface area (Å²) in [4.78, 5) is 0. The van der Waals surface area contributed by atoms with Gasteiger partial charge in [-0.05, 0) is 35.4 Å². The van der Waals surface area contributed by atoms with Gasteiger partial charge in [-0.15, -0.1) is 0 Å². The van der Waals surface area contributed by atoms with Crippen molar-refractivity contribution in [1.29, 1.82) is 0 Å². The van der Waals surface area contributed by atoms with Crippen LogP contribution < -0.4 is 5.73 Å². The van der Waals surface area contributed by atoms with Crippen LogP contribution in [0.5, 0.6) is 0 Å².